The quantitative estimate of drug-likeness (QED) is 0.769. The van der Waals surface area contributed by atoms with Crippen LogP contribution in [0.2, 0.25) is 0 Å². The molecular weight excluding hydrogens is 226 g/mol. The Morgan fingerprint density at radius 1 is 1.17 bits per heavy atom. The molecule has 0 saturated carbocycles. The first kappa shape index (κ1) is 12.3. The lowest BCUT2D eigenvalue weighted by Crippen LogP contribution is -1.95. The zero-order valence-corrected chi connectivity index (χ0v) is 10.7. The van der Waals surface area contributed by atoms with Crippen molar-refractivity contribution in [1.82, 2.24) is 4.98 Å². The molecule has 0 aliphatic heterocycles. The normalized spacial score (nSPS) is 10.2. The molecule has 3 heteroatoms. The summed E-state index contributed by atoms with van der Waals surface area (Å²) in [7, 11) is 0. The Bertz CT molecular complexity index is 574. The number of aryl methyl sites for hydroxylation is 1. The number of ether oxygens (including phenoxy) is 1. The Hall–Kier alpha value is -2.16. The smallest absolute Gasteiger partial charge is 0.219 e. The highest BCUT2D eigenvalue weighted by Gasteiger charge is 2.05. The molecule has 0 spiro atoms. The fourth-order valence-corrected chi connectivity index (χ4v) is 1.60. The average Bonchev–Trinajstić information content (AvgIpc) is 2.36. The monoisotopic (exact) mass is 241 g/mol. The van der Waals surface area contributed by atoms with Crippen LogP contribution in [0.4, 0.5) is 0 Å². The van der Waals surface area contributed by atoms with Crippen LogP contribution in [0, 0.1) is 13.8 Å². The summed E-state index contributed by atoms with van der Waals surface area (Å²) < 4.78 is 5.70. The molecule has 2 rings (SSSR count). The molecule has 0 fully saturated rings. The molecule has 0 saturated heterocycles. The molecule has 0 aliphatic rings. The van der Waals surface area contributed by atoms with E-state index in [1.54, 1.807) is 12.1 Å². The average molecular weight is 241 g/mol. The van der Waals surface area contributed by atoms with Crippen molar-refractivity contribution < 1.29 is 9.53 Å². The molecule has 1 aromatic carbocycles. The lowest BCUT2D eigenvalue weighted by Gasteiger charge is -2.09. The summed E-state index contributed by atoms with van der Waals surface area (Å²) in [6.45, 7) is 5.56. The zero-order valence-electron chi connectivity index (χ0n) is 10.7. The van der Waals surface area contributed by atoms with Gasteiger partial charge in [-0.15, -0.1) is 0 Å². The van der Waals surface area contributed by atoms with Crippen molar-refractivity contribution in [3.05, 3.63) is 53.2 Å². The van der Waals surface area contributed by atoms with E-state index in [4.69, 9.17) is 4.74 Å². The van der Waals surface area contributed by atoms with Gasteiger partial charge in [0, 0.05) is 17.8 Å². The fourth-order valence-electron chi connectivity index (χ4n) is 1.60. The third kappa shape index (κ3) is 2.56. The van der Waals surface area contributed by atoms with Gasteiger partial charge in [-0.1, -0.05) is 12.1 Å². The van der Waals surface area contributed by atoms with Crippen LogP contribution in [-0.4, -0.2) is 10.8 Å². The first-order valence-electron chi connectivity index (χ1n) is 5.79. The summed E-state index contributed by atoms with van der Waals surface area (Å²) >= 11 is 0. The molecular formula is C15H15NO2. The molecule has 0 radical (unpaired) electrons. The third-order valence-electron chi connectivity index (χ3n) is 2.91. The number of hydrogen-bond donors (Lipinski definition) is 0. The van der Waals surface area contributed by atoms with E-state index in [0.29, 0.717) is 11.4 Å². The fraction of sp³-hybridized carbons (Fsp3) is 0.200. The molecule has 0 amide bonds. The maximum atomic E-state index is 11.1. The number of carbonyl (C=O) groups excluding carboxylic acids is 1. The molecule has 0 bridgehead atoms. The molecule has 0 unspecified atom stereocenters. The van der Waals surface area contributed by atoms with E-state index < -0.39 is 0 Å². The molecule has 92 valence electrons. The Kier molecular flexibility index (Phi) is 3.42. The van der Waals surface area contributed by atoms with Gasteiger partial charge >= 0.3 is 0 Å². The summed E-state index contributed by atoms with van der Waals surface area (Å²) in [6.07, 6.45) is 1.53. The molecule has 0 N–H and O–H groups in total. The Labute approximate surface area is 106 Å². The van der Waals surface area contributed by atoms with Gasteiger partial charge in [0.25, 0.3) is 0 Å². The molecule has 18 heavy (non-hydrogen) atoms. The van der Waals surface area contributed by atoms with E-state index in [9.17, 15) is 4.79 Å². The van der Waals surface area contributed by atoms with Gasteiger partial charge in [-0.3, -0.25) is 4.79 Å². The van der Waals surface area contributed by atoms with E-state index in [2.05, 4.69) is 4.98 Å². The summed E-state index contributed by atoms with van der Waals surface area (Å²) in [5, 5.41) is 0. The Balaban J connectivity index is 2.24. The van der Waals surface area contributed by atoms with Gasteiger partial charge in [0.15, 0.2) is 5.78 Å². The maximum Gasteiger partial charge on any atom is 0.219 e. The van der Waals surface area contributed by atoms with Crippen molar-refractivity contribution in [2.45, 2.75) is 20.8 Å². The van der Waals surface area contributed by atoms with Gasteiger partial charge in [0.05, 0.1) is 0 Å². The van der Waals surface area contributed by atoms with E-state index in [1.807, 2.05) is 32.0 Å². The van der Waals surface area contributed by atoms with Crippen LogP contribution < -0.4 is 4.74 Å². The van der Waals surface area contributed by atoms with Crippen molar-refractivity contribution in [3.63, 3.8) is 0 Å². The highest BCUT2D eigenvalue weighted by molar-refractivity contribution is 5.93. The second kappa shape index (κ2) is 5.00. The number of aromatic nitrogens is 1. The number of rotatable bonds is 3. The number of pyridine rings is 1. The van der Waals surface area contributed by atoms with Gasteiger partial charge in [0.2, 0.25) is 5.88 Å². The molecule has 0 aliphatic carbocycles. The highest BCUT2D eigenvalue weighted by Crippen LogP contribution is 2.25. The number of ketones is 1. The summed E-state index contributed by atoms with van der Waals surface area (Å²) in [6, 6.07) is 9.31. The Morgan fingerprint density at radius 3 is 2.56 bits per heavy atom. The van der Waals surface area contributed by atoms with E-state index in [-0.39, 0.29) is 5.78 Å². The van der Waals surface area contributed by atoms with Crippen molar-refractivity contribution in [2.24, 2.45) is 0 Å². The maximum absolute atomic E-state index is 11.1. The molecule has 3 nitrogen and oxygen atoms in total. The first-order valence-corrected chi connectivity index (χ1v) is 5.79. The molecule has 1 heterocycles. The summed E-state index contributed by atoms with van der Waals surface area (Å²) in [5.41, 5.74) is 2.85. The minimum atomic E-state index is 0.000728. The minimum absolute atomic E-state index is 0.000728. The van der Waals surface area contributed by atoms with Gasteiger partial charge in [-0.05, 0) is 44.0 Å². The number of hydrogen-bond acceptors (Lipinski definition) is 3. The van der Waals surface area contributed by atoms with Crippen LogP contribution >= 0.6 is 0 Å². The lowest BCUT2D eigenvalue weighted by molar-refractivity contribution is 0.101. The molecule has 0 atom stereocenters. The van der Waals surface area contributed by atoms with E-state index >= 15 is 0 Å². The number of carbonyl (C=O) groups is 1. The summed E-state index contributed by atoms with van der Waals surface area (Å²) in [5.74, 6) is 1.28. The van der Waals surface area contributed by atoms with Gasteiger partial charge in [-0.25, -0.2) is 4.98 Å². The predicted molar refractivity (Wildman–Crippen MR) is 70.2 cm³/mol. The third-order valence-corrected chi connectivity index (χ3v) is 2.91. The standard InChI is InChI=1S/C15H15NO2/c1-10-5-4-6-14(11(10)2)18-15-8-7-13(9-16-15)12(3)17/h4-9H,1-3H3. The van der Waals surface area contributed by atoms with E-state index in [0.717, 1.165) is 11.3 Å². The molecule has 2 aromatic rings. The van der Waals surface area contributed by atoms with Gasteiger partial charge in [0.1, 0.15) is 5.75 Å². The second-order valence-electron chi connectivity index (χ2n) is 4.24. The number of Topliss-reactive ketones (excluding diaryl/α,β-unsaturated/α-hetero) is 1. The highest BCUT2D eigenvalue weighted by atomic mass is 16.5. The number of benzene rings is 1. The lowest BCUT2D eigenvalue weighted by atomic mass is 10.1. The van der Waals surface area contributed by atoms with Crippen LogP contribution in [0.3, 0.4) is 0 Å². The zero-order chi connectivity index (χ0) is 13.1. The van der Waals surface area contributed by atoms with Crippen LogP contribution in [0.5, 0.6) is 11.6 Å². The molecule has 1 aromatic heterocycles. The minimum Gasteiger partial charge on any atom is -0.439 e. The van der Waals surface area contributed by atoms with Crippen LogP contribution in [0.25, 0.3) is 0 Å². The van der Waals surface area contributed by atoms with Crippen molar-refractivity contribution >= 4 is 5.78 Å². The Morgan fingerprint density at radius 2 is 1.94 bits per heavy atom. The topological polar surface area (TPSA) is 39.2 Å². The summed E-state index contributed by atoms with van der Waals surface area (Å²) in [4.78, 5) is 15.3. The van der Waals surface area contributed by atoms with Crippen molar-refractivity contribution in [1.29, 1.82) is 0 Å². The SMILES string of the molecule is CC(=O)c1ccc(Oc2cccc(C)c2C)nc1. The van der Waals surface area contributed by atoms with E-state index in [1.165, 1.54) is 18.7 Å². The second-order valence-corrected chi connectivity index (χ2v) is 4.24. The van der Waals surface area contributed by atoms with Gasteiger partial charge in [-0.2, -0.15) is 0 Å². The largest absolute Gasteiger partial charge is 0.439 e. The predicted octanol–water partition coefficient (Wildman–Crippen LogP) is 3.69. The number of nitrogens with zero attached hydrogens (tertiary/aromatic N) is 1. The van der Waals surface area contributed by atoms with Crippen molar-refractivity contribution in [2.75, 3.05) is 0 Å². The van der Waals surface area contributed by atoms with Crippen LogP contribution in [0.1, 0.15) is 28.4 Å². The van der Waals surface area contributed by atoms with Crippen molar-refractivity contribution in [3.8, 4) is 11.6 Å². The first-order chi connectivity index (χ1) is 8.58. The van der Waals surface area contributed by atoms with Crippen LogP contribution in [0.15, 0.2) is 36.5 Å². The van der Waals surface area contributed by atoms with Crippen LogP contribution in [-0.2, 0) is 0 Å². The van der Waals surface area contributed by atoms with Gasteiger partial charge < -0.3 is 4.74 Å².